The molecule has 0 atom stereocenters. The van der Waals surface area contributed by atoms with Crippen molar-refractivity contribution in [3.63, 3.8) is 0 Å². The topological polar surface area (TPSA) is 85.1 Å². The van der Waals surface area contributed by atoms with Crippen molar-refractivity contribution in [1.29, 1.82) is 0 Å². The number of primary amides is 1. The number of anilines is 1. The van der Waals surface area contributed by atoms with E-state index in [4.69, 9.17) is 5.73 Å². The third kappa shape index (κ3) is 3.16. The maximum Gasteiger partial charge on any atom is 0.256 e. The number of amides is 2. The van der Waals surface area contributed by atoms with Crippen molar-refractivity contribution < 1.29 is 9.59 Å². The Morgan fingerprint density at radius 2 is 1.79 bits per heavy atom. The van der Waals surface area contributed by atoms with Gasteiger partial charge >= 0.3 is 0 Å². The molecule has 1 heterocycles. The molecule has 19 heavy (non-hydrogen) atoms. The van der Waals surface area contributed by atoms with E-state index in [1.807, 2.05) is 13.0 Å². The summed E-state index contributed by atoms with van der Waals surface area (Å²) in [6.45, 7) is 1.84. The predicted octanol–water partition coefficient (Wildman–Crippen LogP) is 1.74. The molecular formula is C14H13N3O2. The Bertz CT molecular complexity index is 638. The molecule has 5 nitrogen and oxygen atoms in total. The molecule has 0 aliphatic carbocycles. The maximum atomic E-state index is 12.0. The van der Waals surface area contributed by atoms with E-state index in [0.717, 1.165) is 5.69 Å². The lowest BCUT2D eigenvalue weighted by Crippen LogP contribution is -2.16. The Balaban J connectivity index is 2.20. The van der Waals surface area contributed by atoms with E-state index in [2.05, 4.69) is 10.3 Å². The van der Waals surface area contributed by atoms with Crippen LogP contribution in [0.4, 0.5) is 5.82 Å². The van der Waals surface area contributed by atoms with Gasteiger partial charge in [-0.3, -0.25) is 9.59 Å². The number of nitrogens with two attached hydrogens (primary N) is 1. The van der Waals surface area contributed by atoms with Crippen LogP contribution in [0.15, 0.2) is 42.5 Å². The molecule has 0 spiro atoms. The van der Waals surface area contributed by atoms with Gasteiger partial charge in [-0.15, -0.1) is 0 Å². The number of rotatable bonds is 3. The predicted molar refractivity (Wildman–Crippen MR) is 71.9 cm³/mol. The molecule has 2 amide bonds. The summed E-state index contributed by atoms with van der Waals surface area (Å²) in [7, 11) is 0. The molecule has 0 aliphatic rings. The highest BCUT2D eigenvalue weighted by atomic mass is 16.2. The molecule has 0 aliphatic heterocycles. The van der Waals surface area contributed by atoms with Crippen LogP contribution in [0.2, 0.25) is 0 Å². The van der Waals surface area contributed by atoms with E-state index < -0.39 is 5.91 Å². The number of nitrogens with one attached hydrogen (secondary N) is 1. The van der Waals surface area contributed by atoms with E-state index in [9.17, 15) is 9.59 Å². The Kier molecular flexibility index (Phi) is 3.56. The second-order valence-corrected chi connectivity index (χ2v) is 4.06. The highest BCUT2D eigenvalue weighted by Crippen LogP contribution is 2.09. The molecule has 3 N–H and O–H groups in total. The van der Waals surface area contributed by atoms with Crippen molar-refractivity contribution in [1.82, 2.24) is 4.98 Å². The minimum Gasteiger partial charge on any atom is -0.366 e. The normalized spacial score (nSPS) is 9.95. The van der Waals surface area contributed by atoms with Crippen LogP contribution in [-0.4, -0.2) is 16.8 Å². The molecule has 2 aromatic rings. The number of hydrogen-bond acceptors (Lipinski definition) is 3. The van der Waals surface area contributed by atoms with Crippen LogP contribution in [0.5, 0.6) is 0 Å². The third-order valence-corrected chi connectivity index (χ3v) is 2.54. The van der Waals surface area contributed by atoms with Crippen LogP contribution in [0, 0.1) is 6.92 Å². The summed E-state index contributed by atoms with van der Waals surface area (Å²) in [6, 6.07) is 11.6. The Morgan fingerprint density at radius 1 is 1.11 bits per heavy atom. The first kappa shape index (κ1) is 12.8. The standard InChI is InChI=1S/C14H13N3O2/c1-9-4-2-7-12(16-9)17-14(19)11-6-3-5-10(8-11)13(15)18/h2-8H,1H3,(H2,15,18)(H,16,17,19). The van der Waals surface area contributed by atoms with Gasteiger partial charge in [-0.2, -0.15) is 0 Å². The summed E-state index contributed by atoms with van der Waals surface area (Å²) >= 11 is 0. The quantitative estimate of drug-likeness (QED) is 0.876. The fourth-order valence-electron chi connectivity index (χ4n) is 1.61. The van der Waals surface area contributed by atoms with Crippen LogP contribution < -0.4 is 11.1 Å². The van der Waals surface area contributed by atoms with Gasteiger partial charge in [0.2, 0.25) is 5.91 Å². The number of aromatic nitrogens is 1. The summed E-state index contributed by atoms with van der Waals surface area (Å²) in [5, 5.41) is 2.66. The van der Waals surface area contributed by atoms with Crippen molar-refractivity contribution >= 4 is 17.6 Å². The summed E-state index contributed by atoms with van der Waals surface area (Å²) in [4.78, 5) is 27.2. The highest BCUT2D eigenvalue weighted by Gasteiger charge is 2.09. The highest BCUT2D eigenvalue weighted by molar-refractivity contribution is 6.05. The van der Waals surface area contributed by atoms with Crippen LogP contribution in [-0.2, 0) is 0 Å². The number of hydrogen-bond donors (Lipinski definition) is 2. The lowest BCUT2D eigenvalue weighted by Gasteiger charge is -2.05. The summed E-state index contributed by atoms with van der Waals surface area (Å²) in [5.41, 5.74) is 6.64. The van der Waals surface area contributed by atoms with Gasteiger partial charge in [0, 0.05) is 16.8 Å². The van der Waals surface area contributed by atoms with Gasteiger partial charge < -0.3 is 11.1 Å². The SMILES string of the molecule is Cc1cccc(NC(=O)c2cccc(C(N)=O)c2)n1. The maximum absolute atomic E-state index is 12.0. The van der Waals surface area contributed by atoms with Gasteiger partial charge in [0.15, 0.2) is 0 Å². The summed E-state index contributed by atoms with van der Waals surface area (Å²) in [6.07, 6.45) is 0. The monoisotopic (exact) mass is 255 g/mol. The van der Waals surface area contributed by atoms with Crippen molar-refractivity contribution in [2.45, 2.75) is 6.92 Å². The lowest BCUT2D eigenvalue weighted by atomic mass is 10.1. The van der Waals surface area contributed by atoms with Crippen LogP contribution in [0.1, 0.15) is 26.4 Å². The molecule has 0 fully saturated rings. The molecule has 0 unspecified atom stereocenters. The molecule has 0 bridgehead atoms. The first-order valence-electron chi connectivity index (χ1n) is 5.71. The number of carbonyl (C=O) groups is 2. The fraction of sp³-hybridized carbons (Fsp3) is 0.0714. The molecule has 1 aromatic heterocycles. The molecule has 1 aromatic carbocycles. The lowest BCUT2D eigenvalue weighted by molar-refractivity contribution is 0.1000. The number of benzene rings is 1. The van der Waals surface area contributed by atoms with Gasteiger partial charge in [0.05, 0.1) is 0 Å². The van der Waals surface area contributed by atoms with Gasteiger partial charge in [-0.1, -0.05) is 12.1 Å². The zero-order chi connectivity index (χ0) is 13.8. The second-order valence-electron chi connectivity index (χ2n) is 4.06. The molecule has 0 radical (unpaired) electrons. The number of nitrogens with zero attached hydrogens (tertiary/aromatic N) is 1. The first-order chi connectivity index (χ1) is 9.06. The molecule has 5 heteroatoms. The van der Waals surface area contributed by atoms with E-state index in [1.54, 1.807) is 30.3 Å². The van der Waals surface area contributed by atoms with Gasteiger partial charge in [-0.05, 0) is 37.3 Å². The minimum atomic E-state index is -0.566. The van der Waals surface area contributed by atoms with Gasteiger partial charge in [0.1, 0.15) is 5.82 Å². The van der Waals surface area contributed by atoms with Crippen molar-refractivity contribution in [2.24, 2.45) is 5.73 Å². The zero-order valence-corrected chi connectivity index (χ0v) is 10.4. The first-order valence-corrected chi connectivity index (χ1v) is 5.71. The average molecular weight is 255 g/mol. The van der Waals surface area contributed by atoms with E-state index >= 15 is 0 Å². The Morgan fingerprint density at radius 3 is 2.47 bits per heavy atom. The van der Waals surface area contributed by atoms with Crippen molar-refractivity contribution in [2.75, 3.05) is 5.32 Å². The Labute approximate surface area is 110 Å². The van der Waals surface area contributed by atoms with Gasteiger partial charge in [0.25, 0.3) is 5.91 Å². The number of aryl methyl sites for hydroxylation is 1. The third-order valence-electron chi connectivity index (χ3n) is 2.54. The van der Waals surface area contributed by atoms with Crippen molar-refractivity contribution in [3.8, 4) is 0 Å². The largest absolute Gasteiger partial charge is 0.366 e. The van der Waals surface area contributed by atoms with Crippen LogP contribution in [0.3, 0.4) is 0 Å². The molecule has 0 saturated heterocycles. The van der Waals surface area contributed by atoms with E-state index in [1.165, 1.54) is 6.07 Å². The number of carbonyl (C=O) groups excluding carboxylic acids is 2. The van der Waals surface area contributed by atoms with Crippen LogP contribution in [0.25, 0.3) is 0 Å². The average Bonchev–Trinajstić information content (AvgIpc) is 2.39. The van der Waals surface area contributed by atoms with E-state index in [0.29, 0.717) is 16.9 Å². The molecular weight excluding hydrogens is 242 g/mol. The smallest absolute Gasteiger partial charge is 0.256 e. The molecule has 96 valence electrons. The zero-order valence-electron chi connectivity index (χ0n) is 10.4. The fourth-order valence-corrected chi connectivity index (χ4v) is 1.61. The minimum absolute atomic E-state index is 0.296. The van der Waals surface area contributed by atoms with Gasteiger partial charge in [-0.25, -0.2) is 4.98 Å². The van der Waals surface area contributed by atoms with E-state index in [-0.39, 0.29) is 5.91 Å². The number of pyridine rings is 1. The summed E-state index contributed by atoms with van der Waals surface area (Å²) in [5.74, 6) is -0.431. The summed E-state index contributed by atoms with van der Waals surface area (Å²) < 4.78 is 0. The van der Waals surface area contributed by atoms with Crippen molar-refractivity contribution in [3.05, 3.63) is 59.3 Å². The second kappa shape index (κ2) is 5.30. The molecule has 0 saturated carbocycles. The Hall–Kier alpha value is -2.69. The molecule has 2 rings (SSSR count). The van der Waals surface area contributed by atoms with Crippen LogP contribution >= 0.6 is 0 Å².